The molecule has 0 atom stereocenters. The molecule has 0 unspecified atom stereocenters. The van der Waals surface area contributed by atoms with Crippen LogP contribution < -0.4 is 5.32 Å². The Balaban J connectivity index is 1.52. The van der Waals surface area contributed by atoms with Gasteiger partial charge in [-0.3, -0.25) is 9.79 Å². The maximum atomic E-state index is 12.4. The molecule has 0 radical (unpaired) electrons. The number of guanidine groups is 1. The number of nitrogens with one attached hydrogen (secondary N) is 1. The van der Waals surface area contributed by atoms with Crippen molar-refractivity contribution in [2.24, 2.45) is 16.8 Å². The molecule has 144 valence electrons. The van der Waals surface area contributed by atoms with Crippen LogP contribution in [0.2, 0.25) is 0 Å². The van der Waals surface area contributed by atoms with Gasteiger partial charge < -0.3 is 19.5 Å². The van der Waals surface area contributed by atoms with Gasteiger partial charge in [0, 0.05) is 39.3 Å². The van der Waals surface area contributed by atoms with E-state index in [1.807, 2.05) is 4.90 Å². The summed E-state index contributed by atoms with van der Waals surface area (Å²) in [5, 5.41) is 3.43. The molecule has 0 aromatic carbocycles. The first-order chi connectivity index (χ1) is 12.7. The molecule has 1 aliphatic heterocycles. The summed E-state index contributed by atoms with van der Waals surface area (Å²) in [7, 11) is 0. The number of rotatable bonds is 4. The van der Waals surface area contributed by atoms with Crippen molar-refractivity contribution in [3.05, 3.63) is 24.2 Å². The molecule has 1 aromatic rings. The summed E-state index contributed by atoms with van der Waals surface area (Å²) in [4.78, 5) is 21.4. The first-order valence-corrected chi connectivity index (χ1v) is 10.0. The van der Waals surface area contributed by atoms with Gasteiger partial charge in [0.25, 0.3) is 5.91 Å². The van der Waals surface area contributed by atoms with Crippen LogP contribution in [0, 0.1) is 11.8 Å². The fourth-order valence-corrected chi connectivity index (χ4v) is 3.83. The second-order valence-electron chi connectivity index (χ2n) is 7.58. The molecule has 1 N–H and O–H groups in total. The van der Waals surface area contributed by atoms with Gasteiger partial charge in [-0.1, -0.05) is 19.8 Å². The predicted octanol–water partition coefficient (Wildman–Crippen LogP) is 2.83. The summed E-state index contributed by atoms with van der Waals surface area (Å²) >= 11 is 0. The normalized spacial score (nSPS) is 24.6. The Bertz CT molecular complexity index is 583. The predicted molar refractivity (Wildman–Crippen MR) is 103 cm³/mol. The molecule has 2 heterocycles. The van der Waals surface area contributed by atoms with Gasteiger partial charge in [-0.2, -0.15) is 0 Å². The quantitative estimate of drug-likeness (QED) is 0.662. The molecule has 2 fully saturated rings. The SMILES string of the molecule is CCNC(=NCC1CCC(C)CC1)N1CCN(C(=O)c2ccco2)CC1. The van der Waals surface area contributed by atoms with E-state index in [-0.39, 0.29) is 5.91 Å². The Morgan fingerprint density at radius 2 is 1.88 bits per heavy atom. The highest BCUT2D eigenvalue weighted by molar-refractivity contribution is 5.91. The van der Waals surface area contributed by atoms with Crippen LogP contribution in [0.25, 0.3) is 0 Å². The smallest absolute Gasteiger partial charge is 0.289 e. The number of amides is 1. The van der Waals surface area contributed by atoms with Crippen LogP contribution in [0.1, 0.15) is 50.1 Å². The van der Waals surface area contributed by atoms with E-state index in [1.54, 1.807) is 18.4 Å². The van der Waals surface area contributed by atoms with E-state index in [0.717, 1.165) is 44.0 Å². The molecule has 1 aromatic heterocycles. The first-order valence-electron chi connectivity index (χ1n) is 10.0. The van der Waals surface area contributed by atoms with Crippen LogP contribution >= 0.6 is 0 Å². The summed E-state index contributed by atoms with van der Waals surface area (Å²) in [5.41, 5.74) is 0. The summed E-state index contributed by atoms with van der Waals surface area (Å²) in [6.07, 6.45) is 6.82. The number of hydrogen-bond donors (Lipinski definition) is 1. The standard InChI is InChI=1S/C20H32N4O2/c1-3-21-20(22-15-17-8-6-16(2)7-9-17)24-12-10-23(11-13-24)19(25)18-5-4-14-26-18/h4-5,14,16-17H,3,6-13,15H2,1-2H3,(H,21,22). The van der Waals surface area contributed by atoms with Gasteiger partial charge in [0.1, 0.15) is 0 Å². The van der Waals surface area contributed by atoms with Crippen molar-refractivity contribution in [2.45, 2.75) is 39.5 Å². The topological polar surface area (TPSA) is 61.1 Å². The van der Waals surface area contributed by atoms with Crippen LogP contribution in [0.4, 0.5) is 0 Å². The van der Waals surface area contributed by atoms with E-state index in [2.05, 4.69) is 24.1 Å². The van der Waals surface area contributed by atoms with Gasteiger partial charge >= 0.3 is 0 Å². The van der Waals surface area contributed by atoms with Crippen LogP contribution in [0.5, 0.6) is 0 Å². The zero-order valence-electron chi connectivity index (χ0n) is 16.1. The zero-order chi connectivity index (χ0) is 18.4. The maximum absolute atomic E-state index is 12.4. The van der Waals surface area contributed by atoms with Crippen molar-refractivity contribution in [1.29, 1.82) is 0 Å². The maximum Gasteiger partial charge on any atom is 0.289 e. The molecule has 1 saturated heterocycles. The summed E-state index contributed by atoms with van der Waals surface area (Å²) in [6.45, 7) is 9.25. The third-order valence-corrected chi connectivity index (χ3v) is 5.57. The molecule has 1 saturated carbocycles. The Hall–Kier alpha value is -1.98. The number of carbonyl (C=O) groups is 1. The van der Waals surface area contributed by atoms with Gasteiger partial charge in [-0.25, -0.2) is 0 Å². The van der Waals surface area contributed by atoms with Crippen LogP contribution in [-0.4, -0.2) is 60.9 Å². The van der Waals surface area contributed by atoms with Gasteiger partial charge in [0.15, 0.2) is 11.7 Å². The minimum Gasteiger partial charge on any atom is -0.459 e. The van der Waals surface area contributed by atoms with Crippen molar-refractivity contribution in [2.75, 3.05) is 39.3 Å². The molecule has 3 rings (SSSR count). The van der Waals surface area contributed by atoms with E-state index in [1.165, 1.54) is 25.7 Å². The number of piperazine rings is 1. The van der Waals surface area contributed by atoms with Crippen molar-refractivity contribution < 1.29 is 9.21 Å². The number of nitrogens with zero attached hydrogens (tertiary/aromatic N) is 3. The molecular formula is C20H32N4O2. The van der Waals surface area contributed by atoms with E-state index < -0.39 is 0 Å². The van der Waals surface area contributed by atoms with Gasteiger partial charge in [0.2, 0.25) is 0 Å². The Kier molecular flexibility index (Phi) is 6.58. The van der Waals surface area contributed by atoms with E-state index >= 15 is 0 Å². The highest BCUT2D eigenvalue weighted by Gasteiger charge is 2.25. The minimum atomic E-state index is -0.0204. The van der Waals surface area contributed by atoms with Gasteiger partial charge in [-0.15, -0.1) is 0 Å². The van der Waals surface area contributed by atoms with E-state index in [0.29, 0.717) is 18.8 Å². The molecule has 6 nitrogen and oxygen atoms in total. The number of carbonyl (C=O) groups excluding carboxylic acids is 1. The summed E-state index contributed by atoms with van der Waals surface area (Å²) in [6, 6.07) is 3.48. The van der Waals surface area contributed by atoms with Crippen LogP contribution in [-0.2, 0) is 0 Å². The van der Waals surface area contributed by atoms with Crippen molar-refractivity contribution in [3.8, 4) is 0 Å². The molecule has 0 spiro atoms. The van der Waals surface area contributed by atoms with Gasteiger partial charge in [-0.05, 0) is 43.7 Å². The average Bonchev–Trinajstić information content (AvgIpc) is 3.21. The fourth-order valence-electron chi connectivity index (χ4n) is 3.83. The first kappa shape index (κ1) is 18.8. The number of furan rings is 1. The third kappa shape index (κ3) is 4.80. The number of hydrogen-bond acceptors (Lipinski definition) is 3. The minimum absolute atomic E-state index is 0.0204. The van der Waals surface area contributed by atoms with Crippen molar-refractivity contribution in [3.63, 3.8) is 0 Å². The van der Waals surface area contributed by atoms with Crippen molar-refractivity contribution >= 4 is 11.9 Å². The molecule has 1 amide bonds. The molecule has 6 heteroatoms. The highest BCUT2D eigenvalue weighted by Crippen LogP contribution is 2.28. The Morgan fingerprint density at radius 1 is 1.19 bits per heavy atom. The fraction of sp³-hybridized carbons (Fsp3) is 0.700. The Labute approximate surface area is 156 Å². The molecule has 1 aliphatic carbocycles. The monoisotopic (exact) mass is 360 g/mol. The highest BCUT2D eigenvalue weighted by atomic mass is 16.3. The lowest BCUT2D eigenvalue weighted by Crippen LogP contribution is -2.53. The van der Waals surface area contributed by atoms with Crippen LogP contribution in [0.15, 0.2) is 27.8 Å². The lowest BCUT2D eigenvalue weighted by Gasteiger charge is -2.36. The van der Waals surface area contributed by atoms with Gasteiger partial charge in [0.05, 0.1) is 6.26 Å². The summed E-state index contributed by atoms with van der Waals surface area (Å²) in [5.74, 6) is 3.00. The van der Waals surface area contributed by atoms with E-state index in [4.69, 9.17) is 9.41 Å². The second kappa shape index (κ2) is 9.10. The van der Waals surface area contributed by atoms with E-state index in [9.17, 15) is 4.79 Å². The number of aliphatic imine (C=N–C) groups is 1. The zero-order valence-corrected chi connectivity index (χ0v) is 16.1. The third-order valence-electron chi connectivity index (χ3n) is 5.57. The molecule has 26 heavy (non-hydrogen) atoms. The van der Waals surface area contributed by atoms with Crippen molar-refractivity contribution in [1.82, 2.24) is 15.1 Å². The molecule has 2 aliphatic rings. The average molecular weight is 361 g/mol. The Morgan fingerprint density at radius 3 is 2.50 bits per heavy atom. The molecular weight excluding hydrogens is 328 g/mol. The summed E-state index contributed by atoms with van der Waals surface area (Å²) < 4.78 is 5.23. The largest absolute Gasteiger partial charge is 0.459 e. The molecule has 0 bridgehead atoms. The lowest BCUT2D eigenvalue weighted by atomic mass is 9.83. The second-order valence-corrected chi connectivity index (χ2v) is 7.58. The lowest BCUT2D eigenvalue weighted by molar-refractivity contribution is 0.0657. The van der Waals surface area contributed by atoms with Crippen LogP contribution in [0.3, 0.4) is 0 Å².